The maximum absolute atomic E-state index is 11.6. The van der Waals surface area contributed by atoms with Crippen molar-refractivity contribution in [3.05, 3.63) is 29.8 Å². The van der Waals surface area contributed by atoms with E-state index in [1.54, 1.807) is 43.1 Å². The van der Waals surface area contributed by atoms with E-state index in [4.69, 9.17) is 9.47 Å². The maximum Gasteiger partial charge on any atom is 0.325 e. The molecule has 1 N–H and O–H groups in total. The summed E-state index contributed by atoms with van der Waals surface area (Å²) < 4.78 is 10.1. The smallest absolute Gasteiger partial charge is 0.325 e. The highest BCUT2D eigenvalue weighted by Gasteiger charge is 2.27. The van der Waals surface area contributed by atoms with E-state index >= 15 is 0 Å². The van der Waals surface area contributed by atoms with Crippen LogP contribution in [0.3, 0.4) is 0 Å². The van der Waals surface area contributed by atoms with Crippen molar-refractivity contribution >= 4 is 11.9 Å². The van der Waals surface area contributed by atoms with Crippen LogP contribution in [0.4, 0.5) is 0 Å². The Kier molecular flexibility index (Phi) is 6.68. The zero-order valence-electron chi connectivity index (χ0n) is 12.5. The average molecular weight is 295 g/mol. The molecule has 0 amide bonds. The van der Waals surface area contributed by atoms with Crippen LogP contribution in [0.5, 0.6) is 5.75 Å². The average Bonchev–Trinajstić information content (AvgIpc) is 2.46. The molecule has 0 fully saturated rings. The van der Waals surface area contributed by atoms with Crippen LogP contribution in [0.1, 0.15) is 24.9 Å². The molecule has 0 saturated carbocycles. The second kappa shape index (κ2) is 8.26. The first-order valence-corrected chi connectivity index (χ1v) is 6.72. The number of benzene rings is 1. The number of rotatable bonds is 8. The van der Waals surface area contributed by atoms with Gasteiger partial charge in [-0.05, 0) is 20.0 Å². The molecule has 0 bridgehead atoms. The normalized spacial score (nSPS) is 12.0. The number of ether oxygens (including phenoxy) is 2. The number of para-hydroxylation sites is 1. The summed E-state index contributed by atoms with van der Waals surface area (Å²) in [5, 5.41) is 9.47. The molecule has 0 aliphatic rings. The van der Waals surface area contributed by atoms with E-state index in [2.05, 4.69) is 0 Å². The van der Waals surface area contributed by atoms with Crippen molar-refractivity contribution in [2.75, 3.05) is 27.3 Å². The van der Waals surface area contributed by atoms with Gasteiger partial charge in [0.1, 0.15) is 11.8 Å². The maximum atomic E-state index is 11.6. The zero-order chi connectivity index (χ0) is 15.8. The highest BCUT2D eigenvalue weighted by atomic mass is 16.5. The molecule has 0 radical (unpaired) electrons. The number of hydrogen-bond donors (Lipinski definition) is 1. The summed E-state index contributed by atoms with van der Waals surface area (Å²) in [6.45, 7) is 2.34. The van der Waals surface area contributed by atoms with Gasteiger partial charge in [0.15, 0.2) is 0 Å². The third-order valence-corrected chi connectivity index (χ3v) is 3.08. The molecule has 0 aliphatic carbocycles. The third-order valence-electron chi connectivity index (χ3n) is 3.08. The molecule has 1 unspecified atom stereocenters. The molecule has 1 aromatic rings. The second-order valence-corrected chi connectivity index (χ2v) is 4.52. The first-order valence-electron chi connectivity index (χ1n) is 6.72. The molecule has 6 nitrogen and oxygen atoms in total. The first-order chi connectivity index (χ1) is 10.0. The summed E-state index contributed by atoms with van der Waals surface area (Å²) in [6, 6.07) is 6.08. The van der Waals surface area contributed by atoms with Crippen molar-refractivity contribution < 1.29 is 24.2 Å². The van der Waals surface area contributed by atoms with Gasteiger partial charge in [-0.2, -0.15) is 0 Å². The number of methoxy groups -OCH3 is 1. The molecule has 21 heavy (non-hydrogen) atoms. The van der Waals surface area contributed by atoms with Gasteiger partial charge in [-0.25, -0.2) is 0 Å². The van der Waals surface area contributed by atoms with Gasteiger partial charge < -0.3 is 14.6 Å². The number of nitrogens with zero attached hydrogens (tertiary/aromatic N) is 1. The van der Waals surface area contributed by atoms with Gasteiger partial charge in [0, 0.05) is 12.1 Å². The lowest BCUT2D eigenvalue weighted by Crippen LogP contribution is -2.33. The molecule has 1 atom stereocenters. The minimum Gasteiger partial charge on any atom is -0.496 e. The van der Waals surface area contributed by atoms with Crippen LogP contribution in [0.15, 0.2) is 24.3 Å². The fourth-order valence-electron chi connectivity index (χ4n) is 2.08. The van der Waals surface area contributed by atoms with E-state index in [1.807, 2.05) is 0 Å². The Morgan fingerprint density at radius 1 is 1.33 bits per heavy atom. The topological polar surface area (TPSA) is 76.1 Å². The summed E-state index contributed by atoms with van der Waals surface area (Å²) in [5.74, 6) is -0.827. The van der Waals surface area contributed by atoms with E-state index in [9.17, 15) is 14.7 Å². The summed E-state index contributed by atoms with van der Waals surface area (Å²) in [5.41, 5.74) is 0.554. The van der Waals surface area contributed by atoms with Crippen LogP contribution < -0.4 is 4.74 Å². The molecule has 0 heterocycles. The molecular formula is C15H21NO5. The fourth-order valence-corrected chi connectivity index (χ4v) is 2.08. The van der Waals surface area contributed by atoms with E-state index < -0.39 is 12.0 Å². The molecule has 0 spiro atoms. The molecule has 1 rings (SSSR count). The summed E-state index contributed by atoms with van der Waals surface area (Å²) in [7, 11) is 3.15. The first kappa shape index (κ1) is 17.0. The van der Waals surface area contributed by atoms with Crippen LogP contribution in [-0.2, 0) is 14.3 Å². The zero-order valence-corrected chi connectivity index (χ0v) is 12.5. The molecule has 0 saturated heterocycles. The van der Waals surface area contributed by atoms with E-state index in [0.717, 1.165) is 0 Å². The van der Waals surface area contributed by atoms with Crippen LogP contribution in [0.25, 0.3) is 0 Å². The predicted molar refractivity (Wildman–Crippen MR) is 77.3 cm³/mol. The van der Waals surface area contributed by atoms with E-state index in [-0.39, 0.29) is 18.9 Å². The van der Waals surface area contributed by atoms with Gasteiger partial charge in [0.2, 0.25) is 0 Å². The van der Waals surface area contributed by atoms with Crippen LogP contribution in [0.2, 0.25) is 0 Å². The van der Waals surface area contributed by atoms with Crippen molar-refractivity contribution in [1.29, 1.82) is 0 Å². The predicted octanol–water partition coefficient (Wildman–Crippen LogP) is 1.71. The number of carbonyl (C=O) groups excluding carboxylic acids is 1. The fraction of sp³-hybridized carbons (Fsp3) is 0.467. The highest BCUT2D eigenvalue weighted by molar-refractivity contribution is 5.77. The van der Waals surface area contributed by atoms with Gasteiger partial charge >= 0.3 is 11.9 Å². The summed E-state index contributed by atoms with van der Waals surface area (Å²) in [4.78, 5) is 24.5. The minimum absolute atomic E-state index is 0.142. The van der Waals surface area contributed by atoms with Crippen molar-refractivity contribution in [3.8, 4) is 5.75 Å². The SMILES string of the molecule is CCOC(=O)CCN(C)C(C(=O)O)c1ccccc1OC. The van der Waals surface area contributed by atoms with Gasteiger partial charge in [0.25, 0.3) is 0 Å². The van der Waals surface area contributed by atoms with Gasteiger partial charge in [-0.3, -0.25) is 14.5 Å². The minimum atomic E-state index is -0.995. The lowest BCUT2D eigenvalue weighted by Gasteiger charge is -2.25. The monoisotopic (exact) mass is 295 g/mol. The van der Waals surface area contributed by atoms with Gasteiger partial charge in [0.05, 0.1) is 20.1 Å². The number of carboxylic acids is 1. The van der Waals surface area contributed by atoms with Crippen molar-refractivity contribution in [2.24, 2.45) is 0 Å². The molecule has 116 valence electrons. The summed E-state index contributed by atoms with van der Waals surface area (Å²) in [6.07, 6.45) is 0.142. The molecule has 0 aromatic heterocycles. The van der Waals surface area contributed by atoms with Crippen molar-refractivity contribution in [2.45, 2.75) is 19.4 Å². The lowest BCUT2D eigenvalue weighted by molar-refractivity contribution is -0.147. The Morgan fingerprint density at radius 2 is 2.00 bits per heavy atom. The number of esters is 1. The molecule has 1 aromatic carbocycles. The quantitative estimate of drug-likeness (QED) is 0.736. The Hall–Kier alpha value is -2.08. The summed E-state index contributed by atoms with van der Waals surface area (Å²) >= 11 is 0. The Bertz CT molecular complexity index is 489. The second-order valence-electron chi connectivity index (χ2n) is 4.52. The molecule has 6 heteroatoms. The van der Waals surface area contributed by atoms with Crippen LogP contribution in [0, 0.1) is 0 Å². The highest BCUT2D eigenvalue weighted by Crippen LogP contribution is 2.28. The Morgan fingerprint density at radius 3 is 2.57 bits per heavy atom. The van der Waals surface area contributed by atoms with Crippen LogP contribution in [-0.4, -0.2) is 49.3 Å². The number of aliphatic carboxylic acids is 1. The number of carboxylic acid groups (broad SMARTS) is 1. The van der Waals surface area contributed by atoms with Crippen molar-refractivity contribution in [1.82, 2.24) is 4.90 Å². The van der Waals surface area contributed by atoms with E-state index in [0.29, 0.717) is 17.9 Å². The van der Waals surface area contributed by atoms with E-state index in [1.165, 1.54) is 7.11 Å². The van der Waals surface area contributed by atoms with Gasteiger partial charge in [-0.15, -0.1) is 0 Å². The standard InChI is InChI=1S/C15H21NO5/c1-4-21-13(17)9-10-16(2)14(15(18)19)11-7-5-6-8-12(11)20-3/h5-8,14H,4,9-10H2,1-3H3,(H,18,19). The lowest BCUT2D eigenvalue weighted by atomic mass is 10.0. The molecular weight excluding hydrogens is 274 g/mol. The number of hydrogen-bond acceptors (Lipinski definition) is 5. The largest absolute Gasteiger partial charge is 0.496 e. The van der Waals surface area contributed by atoms with Crippen LogP contribution >= 0.6 is 0 Å². The molecule has 0 aliphatic heterocycles. The number of likely N-dealkylation sites (N-methyl/N-ethyl adjacent to an activating group) is 1. The number of carbonyl (C=O) groups is 2. The van der Waals surface area contributed by atoms with Gasteiger partial charge in [-0.1, -0.05) is 18.2 Å². The third kappa shape index (κ3) is 4.75. The Labute approximate surface area is 124 Å². The Balaban J connectivity index is 2.86. The van der Waals surface area contributed by atoms with Crippen molar-refractivity contribution in [3.63, 3.8) is 0 Å².